The summed E-state index contributed by atoms with van der Waals surface area (Å²) in [6.07, 6.45) is 4.53. The molecule has 0 spiro atoms. The number of allylic oxidation sites excluding steroid dienone is 2. The molecule has 0 fully saturated rings. The summed E-state index contributed by atoms with van der Waals surface area (Å²) >= 11 is 0. The Labute approximate surface area is 312 Å². The average Bonchev–Trinajstić information content (AvgIpc) is 3.58. The predicted molar refractivity (Wildman–Crippen MR) is 228 cm³/mol. The van der Waals surface area contributed by atoms with Crippen molar-refractivity contribution in [3.8, 4) is 0 Å². The zero-order chi connectivity index (χ0) is 35.9. The van der Waals surface area contributed by atoms with Crippen LogP contribution < -0.4 is 4.90 Å². The first kappa shape index (κ1) is 31.5. The molecule has 10 rings (SSSR count). The van der Waals surface area contributed by atoms with Crippen molar-refractivity contribution in [1.29, 1.82) is 0 Å². The maximum atomic E-state index is 2.42. The first-order valence-corrected chi connectivity index (χ1v) is 18.8. The molecule has 0 amide bonds. The normalized spacial score (nSPS) is 15.3. The highest BCUT2D eigenvalue weighted by Crippen LogP contribution is 2.62. The van der Waals surface area contributed by atoms with Crippen molar-refractivity contribution in [2.75, 3.05) is 4.90 Å². The van der Waals surface area contributed by atoms with Crippen LogP contribution >= 0.6 is 0 Å². The van der Waals surface area contributed by atoms with E-state index in [1.165, 1.54) is 76.8 Å². The summed E-state index contributed by atoms with van der Waals surface area (Å²) in [5, 5.41) is 7.39. The number of rotatable bonds is 5. The molecular weight excluding hydrogens is 639 g/mol. The van der Waals surface area contributed by atoms with E-state index in [4.69, 9.17) is 0 Å². The van der Waals surface area contributed by atoms with Crippen molar-refractivity contribution in [2.45, 2.75) is 38.5 Å². The van der Waals surface area contributed by atoms with Crippen molar-refractivity contribution < 1.29 is 0 Å². The Morgan fingerprint density at radius 1 is 0.358 bits per heavy atom. The quantitative estimate of drug-likeness (QED) is 0.164. The summed E-state index contributed by atoms with van der Waals surface area (Å²) < 4.78 is 0. The molecule has 1 heteroatoms. The lowest BCUT2D eigenvalue weighted by molar-refractivity contribution is 0.694. The van der Waals surface area contributed by atoms with Gasteiger partial charge in [0.1, 0.15) is 0 Å². The van der Waals surface area contributed by atoms with Crippen molar-refractivity contribution in [1.82, 2.24) is 0 Å². The van der Waals surface area contributed by atoms with E-state index in [1.54, 1.807) is 0 Å². The van der Waals surface area contributed by atoms with Gasteiger partial charge in [-0.05, 0) is 119 Å². The highest BCUT2D eigenvalue weighted by molar-refractivity contribution is 6.09. The molecule has 8 aromatic carbocycles. The third-order valence-corrected chi connectivity index (χ3v) is 11.9. The van der Waals surface area contributed by atoms with E-state index < -0.39 is 0 Å². The minimum Gasteiger partial charge on any atom is -0.310 e. The predicted octanol–water partition coefficient (Wildman–Crippen LogP) is 14.3. The van der Waals surface area contributed by atoms with Crippen LogP contribution in [0.4, 0.5) is 17.1 Å². The van der Waals surface area contributed by atoms with E-state index in [1.807, 2.05) is 0 Å². The number of hydrogen-bond acceptors (Lipinski definition) is 1. The Bertz CT molecular complexity index is 2770. The second-order valence-electron chi connectivity index (χ2n) is 15.9. The Kier molecular flexibility index (Phi) is 6.94. The number of benzene rings is 8. The third kappa shape index (κ3) is 4.99. The van der Waals surface area contributed by atoms with Crippen molar-refractivity contribution in [3.63, 3.8) is 0 Å². The van der Waals surface area contributed by atoms with Gasteiger partial charge in [0.05, 0.1) is 0 Å². The Morgan fingerprint density at radius 2 is 0.774 bits per heavy atom. The van der Waals surface area contributed by atoms with E-state index in [2.05, 4.69) is 209 Å². The van der Waals surface area contributed by atoms with Crippen molar-refractivity contribution in [3.05, 3.63) is 197 Å². The number of nitrogens with zero attached hydrogens (tertiary/aromatic N) is 1. The van der Waals surface area contributed by atoms with Crippen LogP contribution in [-0.2, 0) is 10.8 Å². The monoisotopic (exact) mass is 679 g/mol. The molecule has 8 aromatic rings. The first-order valence-electron chi connectivity index (χ1n) is 18.8. The molecule has 2 aliphatic rings. The van der Waals surface area contributed by atoms with Gasteiger partial charge in [-0.15, -0.1) is 0 Å². The summed E-state index contributed by atoms with van der Waals surface area (Å²) in [6.45, 7) is 9.58. The molecule has 1 nitrogen and oxygen atoms in total. The smallest absolute Gasteiger partial charge is 0.0468 e. The molecule has 0 saturated carbocycles. The van der Waals surface area contributed by atoms with Gasteiger partial charge in [-0.2, -0.15) is 0 Å². The molecule has 254 valence electrons. The van der Waals surface area contributed by atoms with Crippen molar-refractivity contribution >= 4 is 72.7 Å². The topological polar surface area (TPSA) is 3.24 Å². The van der Waals surface area contributed by atoms with Crippen LogP contribution in [-0.4, -0.2) is 0 Å². The van der Waals surface area contributed by atoms with Crippen LogP contribution in [0, 0.1) is 0 Å². The van der Waals surface area contributed by atoms with Crippen LogP contribution in [0.15, 0.2) is 164 Å². The van der Waals surface area contributed by atoms with Crippen LogP contribution in [0.1, 0.15) is 61.1 Å². The van der Waals surface area contributed by atoms with Crippen molar-refractivity contribution in [2.24, 2.45) is 0 Å². The molecule has 2 aliphatic carbocycles. The van der Waals surface area contributed by atoms with Crippen LogP contribution in [0.5, 0.6) is 0 Å². The molecule has 0 heterocycles. The van der Waals surface area contributed by atoms with Crippen LogP contribution in [0.3, 0.4) is 0 Å². The SMILES string of the molecule is CC1(C)C2=C(c3ccccc31)C(C)(C)c1cc(/C=C/c3ccc4cc(N(c5ccc6ccccc6c5)c5ccc6ccccc6c5)ccc4c3)ccc12. The van der Waals surface area contributed by atoms with Gasteiger partial charge in [0.15, 0.2) is 0 Å². The van der Waals surface area contributed by atoms with E-state index in [-0.39, 0.29) is 10.8 Å². The number of fused-ring (bicyclic) bond motifs is 7. The minimum absolute atomic E-state index is 0.00125. The maximum absolute atomic E-state index is 2.42. The van der Waals surface area contributed by atoms with E-state index in [9.17, 15) is 0 Å². The first-order chi connectivity index (χ1) is 25.8. The zero-order valence-corrected chi connectivity index (χ0v) is 30.7. The fourth-order valence-corrected chi connectivity index (χ4v) is 9.25. The van der Waals surface area contributed by atoms with E-state index in [0.717, 1.165) is 17.1 Å². The molecule has 0 N–H and O–H groups in total. The molecular formula is C52H41N. The lowest BCUT2D eigenvalue weighted by atomic mass is 9.75. The van der Waals surface area contributed by atoms with Crippen LogP contribution in [0.2, 0.25) is 0 Å². The van der Waals surface area contributed by atoms with Gasteiger partial charge in [0.25, 0.3) is 0 Å². The third-order valence-electron chi connectivity index (χ3n) is 11.9. The average molecular weight is 680 g/mol. The summed E-state index contributed by atoms with van der Waals surface area (Å²) in [4.78, 5) is 2.38. The summed E-state index contributed by atoms with van der Waals surface area (Å²) in [5.41, 5.74) is 14.5. The minimum atomic E-state index is -0.0490. The van der Waals surface area contributed by atoms with Gasteiger partial charge in [-0.1, -0.05) is 161 Å². The van der Waals surface area contributed by atoms with Gasteiger partial charge in [-0.3, -0.25) is 0 Å². The molecule has 53 heavy (non-hydrogen) atoms. The van der Waals surface area contributed by atoms with Gasteiger partial charge >= 0.3 is 0 Å². The lowest BCUT2D eigenvalue weighted by Crippen LogP contribution is -2.19. The maximum Gasteiger partial charge on any atom is 0.0468 e. The molecule has 0 bridgehead atoms. The lowest BCUT2D eigenvalue weighted by Gasteiger charge is -2.28. The highest BCUT2D eigenvalue weighted by Gasteiger charge is 2.49. The fraction of sp³-hybridized carbons (Fsp3) is 0.115. The molecule has 0 aromatic heterocycles. The van der Waals surface area contributed by atoms with E-state index >= 15 is 0 Å². The van der Waals surface area contributed by atoms with Gasteiger partial charge in [0.2, 0.25) is 0 Å². The summed E-state index contributed by atoms with van der Waals surface area (Å²) in [7, 11) is 0. The molecule has 0 atom stereocenters. The second-order valence-corrected chi connectivity index (χ2v) is 15.9. The zero-order valence-electron chi connectivity index (χ0n) is 30.7. The fourth-order valence-electron chi connectivity index (χ4n) is 9.25. The molecule has 0 aliphatic heterocycles. The van der Waals surface area contributed by atoms with Gasteiger partial charge in [-0.25, -0.2) is 0 Å². The molecule has 0 saturated heterocycles. The van der Waals surface area contributed by atoms with E-state index in [0.29, 0.717) is 0 Å². The number of hydrogen-bond donors (Lipinski definition) is 0. The van der Waals surface area contributed by atoms with Crippen LogP contribution in [0.25, 0.3) is 55.6 Å². The Morgan fingerprint density at radius 3 is 1.40 bits per heavy atom. The Hall–Kier alpha value is -6.18. The Balaban J connectivity index is 0.981. The van der Waals surface area contributed by atoms with Gasteiger partial charge < -0.3 is 4.90 Å². The van der Waals surface area contributed by atoms with Gasteiger partial charge in [0, 0.05) is 27.9 Å². The standard InChI is InChI=1S/C52H41N/c1-51(2)47-16-10-9-15-45(47)49-50(51)46-28-20-35(30-48(46)52(49,3)4)18-17-34-19-21-41-33-44(27-24-40(41)29-34)53(42-25-22-36-11-5-7-13-38(36)31-42)43-26-23-37-12-6-8-14-39(37)32-43/h5-33H,1-4H3/b18-17+. The molecule has 0 radical (unpaired) electrons. The summed E-state index contributed by atoms with van der Waals surface area (Å²) in [6, 6.07) is 60.4. The summed E-state index contributed by atoms with van der Waals surface area (Å²) in [5.74, 6) is 0. The largest absolute Gasteiger partial charge is 0.310 e. The molecule has 0 unspecified atom stereocenters. The second kappa shape index (κ2) is 11.7. The highest BCUT2D eigenvalue weighted by atomic mass is 15.1. The number of anilines is 3.